The zero-order chi connectivity index (χ0) is 23.9. The lowest BCUT2D eigenvalue weighted by atomic mass is 10.0. The minimum atomic E-state index is -1.31. The number of aromatic nitrogens is 1. The number of pyridine rings is 1. The fourth-order valence-corrected chi connectivity index (χ4v) is 3.38. The first-order chi connectivity index (χ1) is 16.5. The maximum Gasteiger partial charge on any atom is 0.146 e. The van der Waals surface area contributed by atoms with E-state index in [0.717, 1.165) is 5.75 Å². The van der Waals surface area contributed by atoms with Crippen molar-refractivity contribution < 1.29 is 19.7 Å². The van der Waals surface area contributed by atoms with Crippen molar-refractivity contribution in [2.45, 2.75) is 12.5 Å². The van der Waals surface area contributed by atoms with Crippen molar-refractivity contribution in [1.29, 1.82) is 0 Å². The molecule has 0 aliphatic carbocycles. The second-order valence-electron chi connectivity index (χ2n) is 7.41. The first-order valence-corrected chi connectivity index (χ1v) is 10.6. The molecule has 0 aliphatic rings. The van der Waals surface area contributed by atoms with E-state index < -0.39 is 12.5 Å². The molecule has 0 amide bonds. The first kappa shape index (κ1) is 23.0. The van der Waals surface area contributed by atoms with Gasteiger partial charge in [-0.3, -0.25) is 4.98 Å². The van der Waals surface area contributed by atoms with Crippen LogP contribution in [0.4, 0.5) is 5.69 Å². The Kier molecular flexibility index (Phi) is 7.19. The molecule has 0 saturated carbocycles. The van der Waals surface area contributed by atoms with Gasteiger partial charge < -0.3 is 30.7 Å². The van der Waals surface area contributed by atoms with Crippen molar-refractivity contribution in [2.24, 2.45) is 5.73 Å². The number of aliphatic hydroxyl groups excluding tert-OH is 2. The lowest BCUT2D eigenvalue weighted by Crippen LogP contribution is -2.15. The quantitative estimate of drug-likeness (QED) is 0.203. The number of nitrogens with one attached hydrogen (secondary N) is 1. The number of nitrogens with two attached hydrogens (primary N) is 1. The van der Waals surface area contributed by atoms with Gasteiger partial charge in [-0.05, 0) is 66.2 Å². The predicted molar refractivity (Wildman–Crippen MR) is 132 cm³/mol. The van der Waals surface area contributed by atoms with Crippen LogP contribution in [-0.4, -0.2) is 21.4 Å². The summed E-state index contributed by atoms with van der Waals surface area (Å²) in [7, 11) is 0. The Morgan fingerprint density at radius 1 is 0.853 bits per heavy atom. The number of hydrogen-bond donors (Lipinski definition) is 4. The van der Waals surface area contributed by atoms with Crippen LogP contribution in [0.5, 0.6) is 23.0 Å². The van der Waals surface area contributed by atoms with Gasteiger partial charge in [0.1, 0.15) is 35.5 Å². The molecule has 5 N–H and O–H groups in total. The molecule has 0 radical (unpaired) electrons. The molecule has 0 saturated heterocycles. The van der Waals surface area contributed by atoms with Gasteiger partial charge in [0, 0.05) is 11.9 Å². The predicted octanol–water partition coefficient (Wildman–Crippen LogP) is 5.20. The summed E-state index contributed by atoms with van der Waals surface area (Å²) in [4.78, 5) is 4.26. The van der Waals surface area contributed by atoms with E-state index in [9.17, 15) is 10.2 Å². The molecular formula is C27H25N3O4. The largest absolute Gasteiger partial charge is 0.457 e. The molecule has 0 spiro atoms. The van der Waals surface area contributed by atoms with Gasteiger partial charge >= 0.3 is 0 Å². The molecule has 7 nitrogen and oxygen atoms in total. The van der Waals surface area contributed by atoms with Crippen LogP contribution in [-0.2, 0) is 0 Å². The van der Waals surface area contributed by atoms with Crippen molar-refractivity contribution in [3.05, 3.63) is 109 Å². The van der Waals surface area contributed by atoms with E-state index in [-0.39, 0.29) is 5.69 Å². The van der Waals surface area contributed by atoms with Gasteiger partial charge in [-0.1, -0.05) is 36.9 Å². The van der Waals surface area contributed by atoms with Gasteiger partial charge in [0.15, 0.2) is 0 Å². The molecular weight excluding hydrogens is 430 g/mol. The molecule has 2 atom stereocenters. The highest BCUT2D eigenvalue weighted by Crippen LogP contribution is 2.38. The van der Waals surface area contributed by atoms with E-state index in [4.69, 9.17) is 15.2 Å². The number of benzene rings is 3. The Morgan fingerprint density at radius 2 is 1.53 bits per heavy atom. The number of rotatable bonds is 9. The van der Waals surface area contributed by atoms with Crippen molar-refractivity contribution in [1.82, 2.24) is 4.98 Å². The SMILES string of the molecule is C=CC(O)Nc1cccc(-c2c(Oc3ccc(Oc4ccccc4)cc3)ccnc2C(N)O)c1. The third-order valence-corrected chi connectivity index (χ3v) is 4.94. The number of anilines is 1. The highest BCUT2D eigenvalue weighted by atomic mass is 16.5. The number of para-hydroxylation sites is 1. The molecule has 4 aromatic rings. The van der Waals surface area contributed by atoms with E-state index in [1.165, 1.54) is 12.3 Å². The van der Waals surface area contributed by atoms with Crippen molar-refractivity contribution in [3.8, 4) is 34.1 Å². The molecule has 34 heavy (non-hydrogen) atoms. The second-order valence-corrected chi connectivity index (χ2v) is 7.41. The van der Waals surface area contributed by atoms with Gasteiger partial charge in [-0.15, -0.1) is 0 Å². The lowest BCUT2D eigenvalue weighted by Gasteiger charge is -2.18. The van der Waals surface area contributed by atoms with Gasteiger partial charge in [0.25, 0.3) is 0 Å². The molecule has 0 fully saturated rings. The minimum Gasteiger partial charge on any atom is -0.457 e. The van der Waals surface area contributed by atoms with Crippen molar-refractivity contribution in [2.75, 3.05) is 5.32 Å². The van der Waals surface area contributed by atoms with Crippen LogP contribution in [0.3, 0.4) is 0 Å². The van der Waals surface area contributed by atoms with Crippen molar-refractivity contribution in [3.63, 3.8) is 0 Å². The Labute approximate surface area is 197 Å². The lowest BCUT2D eigenvalue weighted by molar-refractivity contribution is 0.181. The fourth-order valence-electron chi connectivity index (χ4n) is 3.38. The van der Waals surface area contributed by atoms with Crippen LogP contribution in [0.15, 0.2) is 104 Å². The Morgan fingerprint density at radius 3 is 2.21 bits per heavy atom. The topological polar surface area (TPSA) is 110 Å². The summed E-state index contributed by atoms with van der Waals surface area (Å²) in [6, 6.07) is 25.7. The molecule has 172 valence electrons. The maximum atomic E-state index is 10.2. The van der Waals surface area contributed by atoms with Gasteiger partial charge in [-0.25, -0.2) is 0 Å². The van der Waals surface area contributed by atoms with Crippen LogP contribution < -0.4 is 20.5 Å². The molecule has 7 heteroatoms. The van der Waals surface area contributed by atoms with Crippen LogP contribution in [0.25, 0.3) is 11.1 Å². The highest BCUT2D eigenvalue weighted by Gasteiger charge is 2.18. The van der Waals surface area contributed by atoms with Crippen LogP contribution >= 0.6 is 0 Å². The Balaban J connectivity index is 1.64. The second kappa shape index (κ2) is 10.6. The molecule has 1 aromatic heterocycles. The summed E-state index contributed by atoms with van der Waals surface area (Å²) in [5, 5.41) is 22.9. The summed E-state index contributed by atoms with van der Waals surface area (Å²) in [6.07, 6.45) is 0.693. The van der Waals surface area contributed by atoms with Crippen LogP contribution in [0.1, 0.15) is 11.9 Å². The highest BCUT2D eigenvalue weighted by molar-refractivity contribution is 5.76. The fraction of sp³-hybridized carbons (Fsp3) is 0.0741. The monoisotopic (exact) mass is 455 g/mol. The zero-order valence-electron chi connectivity index (χ0n) is 18.3. The average Bonchev–Trinajstić information content (AvgIpc) is 2.86. The molecule has 0 aliphatic heterocycles. The van der Waals surface area contributed by atoms with E-state index in [1.807, 2.05) is 54.6 Å². The standard InChI is InChI=1S/C27H25N3O4/c1-2-24(31)30-19-8-6-7-18(17-19)25-23(15-16-29-26(25)27(28)32)34-22-13-11-21(12-14-22)33-20-9-4-3-5-10-20/h2-17,24,27,30-32H,1,28H2. The molecule has 4 rings (SSSR count). The van der Waals surface area contributed by atoms with Crippen molar-refractivity contribution >= 4 is 5.69 Å². The number of ether oxygens (including phenoxy) is 2. The minimum absolute atomic E-state index is 0.267. The van der Waals surface area contributed by atoms with Gasteiger partial charge in [0.05, 0.1) is 11.3 Å². The van der Waals surface area contributed by atoms with Crippen LogP contribution in [0.2, 0.25) is 0 Å². The Hall–Kier alpha value is -4.17. The maximum absolute atomic E-state index is 10.2. The normalized spacial score (nSPS) is 12.4. The average molecular weight is 456 g/mol. The summed E-state index contributed by atoms with van der Waals surface area (Å²) in [6.45, 7) is 3.56. The van der Waals surface area contributed by atoms with E-state index >= 15 is 0 Å². The first-order valence-electron chi connectivity index (χ1n) is 10.6. The van der Waals surface area contributed by atoms with E-state index in [1.54, 1.807) is 30.3 Å². The summed E-state index contributed by atoms with van der Waals surface area (Å²) >= 11 is 0. The molecule has 0 bridgehead atoms. The van der Waals surface area contributed by atoms with E-state index in [2.05, 4.69) is 16.9 Å². The molecule has 2 unspecified atom stereocenters. The smallest absolute Gasteiger partial charge is 0.146 e. The van der Waals surface area contributed by atoms with Gasteiger partial charge in [-0.2, -0.15) is 0 Å². The summed E-state index contributed by atoms with van der Waals surface area (Å²) < 4.78 is 12.0. The Bertz CT molecular complexity index is 1240. The van der Waals surface area contributed by atoms with Gasteiger partial charge in [0.2, 0.25) is 0 Å². The summed E-state index contributed by atoms with van der Waals surface area (Å²) in [5.74, 6) is 2.45. The van der Waals surface area contributed by atoms with Crippen LogP contribution in [0, 0.1) is 0 Å². The number of nitrogens with zero attached hydrogens (tertiary/aromatic N) is 1. The molecule has 3 aromatic carbocycles. The molecule has 1 heterocycles. The number of aliphatic hydroxyl groups is 2. The zero-order valence-corrected chi connectivity index (χ0v) is 18.3. The summed E-state index contributed by atoms with van der Waals surface area (Å²) in [5.41, 5.74) is 7.96. The van der Waals surface area contributed by atoms with E-state index in [0.29, 0.717) is 34.1 Å². The third kappa shape index (κ3) is 5.60. The number of hydrogen-bond acceptors (Lipinski definition) is 7. The third-order valence-electron chi connectivity index (χ3n) is 4.94.